The Balaban J connectivity index is 1.55. The first-order chi connectivity index (χ1) is 11.6. The number of nitrogens with one attached hydrogen (secondary N) is 2. The van der Waals surface area contributed by atoms with Crippen molar-refractivity contribution in [2.24, 2.45) is 0 Å². The van der Waals surface area contributed by atoms with Crippen LogP contribution in [0.1, 0.15) is 16.1 Å². The Bertz CT molecular complexity index is 879. The number of benzene rings is 1. The van der Waals surface area contributed by atoms with Gasteiger partial charge in [0.2, 0.25) is 11.4 Å². The zero-order valence-electron chi connectivity index (χ0n) is 12.6. The van der Waals surface area contributed by atoms with Crippen LogP contribution in [0.2, 0.25) is 0 Å². The number of nitrogens with zero attached hydrogens (tertiary/aromatic N) is 1. The van der Waals surface area contributed by atoms with E-state index in [1.54, 1.807) is 12.1 Å². The monoisotopic (exact) mass is 327 g/mol. The summed E-state index contributed by atoms with van der Waals surface area (Å²) < 4.78 is 18.3. The highest BCUT2D eigenvalue weighted by Crippen LogP contribution is 2.18. The molecule has 2 heterocycles. The molecule has 7 heteroatoms. The van der Waals surface area contributed by atoms with E-state index in [1.165, 1.54) is 36.7 Å². The van der Waals surface area contributed by atoms with Gasteiger partial charge in [0, 0.05) is 30.8 Å². The number of hydrogen-bond donors (Lipinski definition) is 2. The Kier molecular flexibility index (Phi) is 4.51. The summed E-state index contributed by atoms with van der Waals surface area (Å²) in [6.07, 6.45) is 3.35. The predicted octanol–water partition coefficient (Wildman–Crippen LogP) is 2.14. The van der Waals surface area contributed by atoms with E-state index in [2.05, 4.69) is 15.3 Å². The maximum atomic E-state index is 12.9. The molecule has 24 heavy (non-hydrogen) atoms. The number of aromatic nitrogens is 2. The molecule has 0 aliphatic carbocycles. The van der Waals surface area contributed by atoms with Gasteiger partial charge in [0.15, 0.2) is 0 Å². The molecule has 1 amide bonds. The molecule has 0 aliphatic rings. The first kappa shape index (κ1) is 15.7. The molecule has 0 aliphatic heterocycles. The number of rotatable bonds is 5. The Morgan fingerprint density at radius 1 is 1.21 bits per heavy atom. The van der Waals surface area contributed by atoms with Crippen LogP contribution < -0.4 is 10.9 Å². The molecule has 0 bridgehead atoms. The Morgan fingerprint density at radius 3 is 2.71 bits per heavy atom. The summed E-state index contributed by atoms with van der Waals surface area (Å²) in [6.45, 7) is 0.368. The minimum Gasteiger partial charge on any atom is -0.444 e. The fraction of sp³-hybridized carbons (Fsp3) is 0.118. The van der Waals surface area contributed by atoms with E-state index >= 15 is 0 Å². The summed E-state index contributed by atoms with van der Waals surface area (Å²) in [5.74, 6) is -0.207. The highest BCUT2D eigenvalue weighted by Gasteiger charge is 2.08. The van der Waals surface area contributed by atoms with Gasteiger partial charge < -0.3 is 14.7 Å². The zero-order valence-corrected chi connectivity index (χ0v) is 12.6. The molecule has 0 radical (unpaired) electrons. The van der Waals surface area contributed by atoms with Crippen molar-refractivity contribution in [3.05, 3.63) is 76.3 Å². The molecule has 0 saturated heterocycles. The number of hydrogen-bond acceptors (Lipinski definition) is 4. The van der Waals surface area contributed by atoms with Gasteiger partial charge in [0.25, 0.3) is 5.91 Å². The fourth-order valence-electron chi connectivity index (χ4n) is 2.10. The molecule has 0 fully saturated rings. The maximum Gasteiger partial charge on any atom is 0.252 e. The molecule has 3 rings (SSSR count). The van der Waals surface area contributed by atoms with E-state index in [9.17, 15) is 14.0 Å². The lowest BCUT2D eigenvalue weighted by atomic mass is 10.2. The fourth-order valence-corrected chi connectivity index (χ4v) is 2.10. The summed E-state index contributed by atoms with van der Waals surface area (Å²) in [5.41, 5.74) is 1.47. The minimum absolute atomic E-state index is 0.262. The van der Waals surface area contributed by atoms with E-state index in [0.29, 0.717) is 35.7 Å². The van der Waals surface area contributed by atoms with Gasteiger partial charge in [0.1, 0.15) is 12.1 Å². The quantitative estimate of drug-likeness (QED) is 0.751. The van der Waals surface area contributed by atoms with Gasteiger partial charge in [-0.15, -0.1) is 0 Å². The number of carbonyl (C=O) groups excluding carboxylic acids is 1. The van der Waals surface area contributed by atoms with Gasteiger partial charge in [-0.2, -0.15) is 0 Å². The molecule has 1 aromatic carbocycles. The van der Waals surface area contributed by atoms with Crippen LogP contribution in [0.4, 0.5) is 4.39 Å². The number of H-pyrrole nitrogens is 1. The lowest BCUT2D eigenvalue weighted by Crippen LogP contribution is -2.26. The number of carbonyl (C=O) groups is 1. The van der Waals surface area contributed by atoms with Crippen molar-refractivity contribution < 1.29 is 13.6 Å². The minimum atomic E-state index is -0.324. The first-order valence-electron chi connectivity index (χ1n) is 7.29. The summed E-state index contributed by atoms with van der Waals surface area (Å²) in [7, 11) is 0. The molecule has 0 spiro atoms. The average molecular weight is 327 g/mol. The largest absolute Gasteiger partial charge is 0.444 e. The summed E-state index contributed by atoms with van der Waals surface area (Å²) in [5, 5.41) is 2.73. The average Bonchev–Trinajstić information content (AvgIpc) is 3.05. The second-order valence-corrected chi connectivity index (χ2v) is 5.10. The van der Waals surface area contributed by atoms with E-state index in [1.807, 2.05) is 0 Å². The molecule has 0 saturated carbocycles. The zero-order chi connectivity index (χ0) is 16.9. The number of amides is 1. The number of oxazole rings is 1. The van der Waals surface area contributed by atoms with E-state index in [4.69, 9.17) is 4.42 Å². The molecular weight excluding hydrogens is 313 g/mol. The summed E-state index contributed by atoms with van der Waals surface area (Å²) in [6, 6.07) is 8.59. The second kappa shape index (κ2) is 6.91. The maximum absolute atomic E-state index is 12.9. The van der Waals surface area contributed by atoms with E-state index in [0.717, 1.165) is 0 Å². The molecular formula is C17H14FN3O3. The van der Waals surface area contributed by atoms with Gasteiger partial charge in [-0.25, -0.2) is 9.37 Å². The van der Waals surface area contributed by atoms with Gasteiger partial charge in [-0.1, -0.05) is 0 Å². The Labute approximate surface area is 136 Å². The van der Waals surface area contributed by atoms with Crippen LogP contribution >= 0.6 is 0 Å². The van der Waals surface area contributed by atoms with Crippen LogP contribution in [0.5, 0.6) is 0 Å². The van der Waals surface area contributed by atoms with Crippen molar-refractivity contribution in [1.82, 2.24) is 15.3 Å². The molecule has 3 aromatic rings. The van der Waals surface area contributed by atoms with Gasteiger partial charge in [0.05, 0.1) is 11.3 Å². The molecule has 6 nitrogen and oxygen atoms in total. The first-order valence-corrected chi connectivity index (χ1v) is 7.29. The third kappa shape index (κ3) is 3.75. The van der Waals surface area contributed by atoms with Crippen LogP contribution in [-0.4, -0.2) is 22.4 Å². The standard InChI is InChI=1S/C17H14FN3O3/c18-13-4-1-11(2-5-13)17-21-14(10-24-17)7-8-19-16(23)12-3-6-15(22)20-9-12/h1-6,9-10H,7-8H2,(H,19,23)(H,20,22). The SMILES string of the molecule is O=C(NCCc1coc(-c2ccc(F)cc2)n1)c1ccc(=O)[nH]c1. The van der Waals surface area contributed by atoms with Crippen molar-refractivity contribution in [3.8, 4) is 11.5 Å². The molecule has 122 valence electrons. The smallest absolute Gasteiger partial charge is 0.252 e. The molecule has 0 atom stereocenters. The summed E-state index contributed by atoms with van der Waals surface area (Å²) in [4.78, 5) is 29.6. The van der Waals surface area contributed by atoms with E-state index < -0.39 is 0 Å². The van der Waals surface area contributed by atoms with Crippen molar-refractivity contribution in [1.29, 1.82) is 0 Å². The third-order valence-corrected chi connectivity index (χ3v) is 3.36. The number of pyridine rings is 1. The normalized spacial score (nSPS) is 10.5. The number of aromatic amines is 1. The van der Waals surface area contributed by atoms with Crippen LogP contribution in [-0.2, 0) is 6.42 Å². The molecule has 2 N–H and O–H groups in total. The van der Waals surface area contributed by atoms with Crippen LogP contribution in [0.25, 0.3) is 11.5 Å². The van der Waals surface area contributed by atoms with Gasteiger partial charge in [-0.05, 0) is 30.3 Å². The lowest BCUT2D eigenvalue weighted by Gasteiger charge is -2.03. The topological polar surface area (TPSA) is 88.0 Å². The van der Waals surface area contributed by atoms with Crippen molar-refractivity contribution >= 4 is 5.91 Å². The van der Waals surface area contributed by atoms with Crippen molar-refractivity contribution in [2.45, 2.75) is 6.42 Å². The van der Waals surface area contributed by atoms with Crippen molar-refractivity contribution in [3.63, 3.8) is 0 Å². The lowest BCUT2D eigenvalue weighted by molar-refractivity contribution is 0.0953. The highest BCUT2D eigenvalue weighted by atomic mass is 19.1. The van der Waals surface area contributed by atoms with Crippen molar-refractivity contribution in [2.75, 3.05) is 6.54 Å². The highest BCUT2D eigenvalue weighted by molar-refractivity contribution is 5.93. The van der Waals surface area contributed by atoms with Crippen LogP contribution in [0.15, 0.2) is 58.1 Å². The van der Waals surface area contributed by atoms with Gasteiger partial charge >= 0.3 is 0 Å². The Morgan fingerprint density at radius 2 is 2.00 bits per heavy atom. The Hall–Kier alpha value is -3.22. The predicted molar refractivity (Wildman–Crippen MR) is 85.0 cm³/mol. The molecule has 0 unspecified atom stereocenters. The van der Waals surface area contributed by atoms with Crippen LogP contribution in [0.3, 0.4) is 0 Å². The summed E-state index contributed by atoms with van der Waals surface area (Å²) >= 11 is 0. The number of halogens is 1. The van der Waals surface area contributed by atoms with Gasteiger partial charge in [-0.3, -0.25) is 9.59 Å². The van der Waals surface area contributed by atoms with Crippen LogP contribution in [0, 0.1) is 5.82 Å². The third-order valence-electron chi connectivity index (χ3n) is 3.36. The molecule has 2 aromatic heterocycles. The van der Waals surface area contributed by atoms with E-state index in [-0.39, 0.29) is 17.3 Å². The second-order valence-electron chi connectivity index (χ2n) is 5.10.